The van der Waals surface area contributed by atoms with E-state index >= 15 is 0 Å². The van der Waals surface area contributed by atoms with Gasteiger partial charge in [-0.3, -0.25) is 9.59 Å². The van der Waals surface area contributed by atoms with Crippen LogP contribution in [0, 0.1) is 5.92 Å². The van der Waals surface area contributed by atoms with Crippen molar-refractivity contribution in [1.29, 1.82) is 0 Å². The second-order valence-electron chi connectivity index (χ2n) is 6.59. The van der Waals surface area contributed by atoms with Gasteiger partial charge in [0.25, 0.3) is 5.91 Å². The van der Waals surface area contributed by atoms with E-state index < -0.39 is 5.54 Å². The summed E-state index contributed by atoms with van der Waals surface area (Å²) >= 11 is 0. The molecule has 3 N–H and O–H groups in total. The molecule has 2 aliphatic rings. The fourth-order valence-electron chi connectivity index (χ4n) is 3.71. The lowest BCUT2D eigenvalue weighted by Gasteiger charge is -2.45. The number of primary amides is 1. The lowest BCUT2D eigenvalue weighted by Crippen LogP contribution is -3.22. The van der Waals surface area contributed by atoms with Gasteiger partial charge in [-0.05, 0) is 19.3 Å². The molecule has 0 atom stereocenters. The number of nitrogens with one attached hydrogen (secondary N) is 1. The van der Waals surface area contributed by atoms with Crippen LogP contribution in [0.4, 0.5) is 0 Å². The fourth-order valence-corrected chi connectivity index (χ4v) is 3.71. The zero-order valence-electron chi connectivity index (χ0n) is 12.8. The average molecular weight is 282 g/mol. The van der Waals surface area contributed by atoms with Crippen LogP contribution in [0.15, 0.2) is 0 Å². The highest BCUT2D eigenvalue weighted by Crippen LogP contribution is 2.21. The van der Waals surface area contributed by atoms with Crippen molar-refractivity contribution >= 4 is 11.8 Å². The number of piperidine rings is 2. The van der Waals surface area contributed by atoms with Crippen molar-refractivity contribution in [2.45, 2.75) is 51.5 Å². The highest BCUT2D eigenvalue weighted by atomic mass is 16.2. The van der Waals surface area contributed by atoms with Crippen LogP contribution in [0.5, 0.6) is 0 Å². The summed E-state index contributed by atoms with van der Waals surface area (Å²) < 4.78 is 0. The van der Waals surface area contributed by atoms with Gasteiger partial charge >= 0.3 is 0 Å². The summed E-state index contributed by atoms with van der Waals surface area (Å²) in [5.41, 5.74) is 5.31. The average Bonchev–Trinajstić information content (AvgIpc) is 2.47. The van der Waals surface area contributed by atoms with Crippen LogP contribution in [-0.2, 0) is 9.59 Å². The number of nitrogens with zero attached hydrogens (tertiary/aromatic N) is 1. The van der Waals surface area contributed by atoms with E-state index in [0.717, 1.165) is 25.9 Å². The Bertz CT molecular complexity index is 367. The highest BCUT2D eigenvalue weighted by molar-refractivity contribution is 5.84. The van der Waals surface area contributed by atoms with Crippen molar-refractivity contribution in [3.05, 3.63) is 0 Å². The second kappa shape index (κ2) is 6.12. The van der Waals surface area contributed by atoms with Gasteiger partial charge in [0.15, 0.2) is 5.54 Å². The molecule has 2 heterocycles. The molecule has 0 radical (unpaired) electrons. The molecular formula is C15H28N3O2+. The molecule has 0 bridgehead atoms. The summed E-state index contributed by atoms with van der Waals surface area (Å²) in [6.45, 7) is 7.28. The Morgan fingerprint density at radius 1 is 1.10 bits per heavy atom. The van der Waals surface area contributed by atoms with Gasteiger partial charge in [0, 0.05) is 31.8 Å². The first-order valence-electron chi connectivity index (χ1n) is 7.91. The number of amides is 2. The summed E-state index contributed by atoms with van der Waals surface area (Å²) in [6.07, 6.45) is 5.06. The predicted molar refractivity (Wildman–Crippen MR) is 77.1 cm³/mol. The molecule has 0 aromatic heterocycles. The number of hydrogen-bond donors (Lipinski definition) is 2. The standard InChI is InChI=1S/C15H27N3O2/c1-12(2)13(19)17-10-6-15(7-11-17,14(16)20)18-8-4-3-5-9-18/h12H,3-11H2,1-2H3,(H2,16,20)/p+1. The van der Waals surface area contributed by atoms with E-state index in [-0.39, 0.29) is 17.7 Å². The molecule has 5 heteroatoms. The molecule has 0 aliphatic carbocycles. The monoisotopic (exact) mass is 282 g/mol. The van der Waals surface area contributed by atoms with Gasteiger partial charge in [-0.1, -0.05) is 13.8 Å². The molecular weight excluding hydrogens is 254 g/mol. The minimum absolute atomic E-state index is 0.0263. The van der Waals surface area contributed by atoms with Gasteiger partial charge in [0.1, 0.15) is 0 Å². The molecule has 114 valence electrons. The largest absolute Gasteiger partial charge is 0.364 e. The van der Waals surface area contributed by atoms with E-state index in [1.54, 1.807) is 0 Å². The van der Waals surface area contributed by atoms with Crippen LogP contribution in [0.1, 0.15) is 46.0 Å². The summed E-state index contributed by atoms with van der Waals surface area (Å²) in [6, 6.07) is 0. The first-order valence-corrected chi connectivity index (χ1v) is 7.91. The van der Waals surface area contributed by atoms with Gasteiger partial charge in [-0.15, -0.1) is 0 Å². The molecule has 0 spiro atoms. The maximum absolute atomic E-state index is 12.1. The molecule has 2 amide bonds. The molecule has 5 nitrogen and oxygen atoms in total. The Morgan fingerprint density at radius 3 is 2.10 bits per heavy atom. The van der Waals surface area contributed by atoms with Crippen LogP contribution in [0.25, 0.3) is 0 Å². The zero-order chi connectivity index (χ0) is 14.8. The van der Waals surface area contributed by atoms with Gasteiger partial charge in [0.05, 0.1) is 13.1 Å². The fraction of sp³-hybridized carbons (Fsp3) is 0.867. The molecule has 2 aliphatic heterocycles. The van der Waals surface area contributed by atoms with Gasteiger partial charge in [0.2, 0.25) is 5.91 Å². The Morgan fingerprint density at radius 2 is 1.65 bits per heavy atom. The van der Waals surface area contributed by atoms with Gasteiger partial charge in [-0.2, -0.15) is 0 Å². The Hall–Kier alpha value is -1.10. The van der Waals surface area contributed by atoms with E-state index in [1.807, 2.05) is 18.7 Å². The number of carbonyl (C=O) groups is 2. The number of rotatable bonds is 3. The molecule has 0 unspecified atom stereocenters. The van der Waals surface area contributed by atoms with E-state index in [9.17, 15) is 9.59 Å². The summed E-state index contributed by atoms with van der Waals surface area (Å²) in [5, 5.41) is 0. The van der Waals surface area contributed by atoms with Crippen LogP contribution in [0.2, 0.25) is 0 Å². The van der Waals surface area contributed by atoms with Crippen LogP contribution in [0.3, 0.4) is 0 Å². The summed E-state index contributed by atoms with van der Waals surface area (Å²) in [4.78, 5) is 27.4. The van der Waals surface area contributed by atoms with Crippen molar-refractivity contribution in [1.82, 2.24) is 4.90 Å². The van der Waals surface area contributed by atoms with Gasteiger partial charge < -0.3 is 15.5 Å². The van der Waals surface area contributed by atoms with Crippen molar-refractivity contribution in [2.24, 2.45) is 11.7 Å². The molecule has 2 fully saturated rings. The number of likely N-dealkylation sites (tertiary alicyclic amines) is 2. The van der Waals surface area contributed by atoms with E-state index in [2.05, 4.69) is 0 Å². The number of carbonyl (C=O) groups excluding carboxylic acids is 2. The lowest BCUT2D eigenvalue weighted by atomic mass is 9.83. The van der Waals surface area contributed by atoms with E-state index in [1.165, 1.54) is 24.2 Å². The zero-order valence-corrected chi connectivity index (χ0v) is 12.8. The van der Waals surface area contributed by atoms with Crippen molar-refractivity contribution in [3.8, 4) is 0 Å². The quantitative estimate of drug-likeness (QED) is 0.737. The Balaban J connectivity index is 2.06. The first kappa shape index (κ1) is 15.3. The van der Waals surface area contributed by atoms with Crippen LogP contribution >= 0.6 is 0 Å². The molecule has 0 aromatic rings. The predicted octanol–water partition coefficient (Wildman–Crippen LogP) is -0.442. The van der Waals surface area contributed by atoms with Crippen molar-refractivity contribution < 1.29 is 14.5 Å². The Labute approximate surface area is 121 Å². The third kappa shape index (κ3) is 2.82. The van der Waals surface area contributed by atoms with Crippen molar-refractivity contribution in [3.63, 3.8) is 0 Å². The number of quaternary nitrogens is 1. The molecule has 0 aromatic carbocycles. The summed E-state index contributed by atoms with van der Waals surface area (Å²) in [5.74, 6) is 0.0428. The molecule has 2 saturated heterocycles. The normalized spacial score (nSPS) is 23.9. The van der Waals surface area contributed by atoms with Crippen LogP contribution in [-0.4, -0.2) is 48.4 Å². The third-order valence-electron chi connectivity index (χ3n) is 5.03. The number of nitrogens with two attached hydrogens (primary N) is 1. The second-order valence-corrected chi connectivity index (χ2v) is 6.59. The lowest BCUT2D eigenvalue weighted by molar-refractivity contribution is -0.948. The molecule has 0 saturated carbocycles. The minimum atomic E-state index is -0.436. The highest BCUT2D eigenvalue weighted by Gasteiger charge is 2.49. The van der Waals surface area contributed by atoms with E-state index in [4.69, 9.17) is 5.73 Å². The maximum Gasteiger partial charge on any atom is 0.278 e. The van der Waals surface area contributed by atoms with Gasteiger partial charge in [-0.25, -0.2) is 0 Å². The van der Waals surface area contributed by atoms with Crippen LogP contribution < -0.4 is 10.6 Å². The first-order chi connectivity index (χ1) is 9.47. The smallest absolute Gasteiger partial charge is 0.278 e. The number of hydrogen-bond acceptors (Lipinski definition) is 2. The van der Waals surface area contributed by atoms with E-state index in [0.29, 0.717) is 13.1 Å². The maximum atomic E-state index is 12.1. The third-order valence-corrected chi connectivity index (χ3v) is 5.03. The molecule has 2 rings (SSSR count). The molecule has 20 heavy (non-hydrogen) atoms. The minimum Gasteiger partial charge on any atom is -0.364 e. The topological polar surface area (TPSA) is 67.8 Å². The SMILES string of the molecule is CC(C)C(=O)N1CCC(C(N)=O)([NH+]2CCCCC2)CC1. The Kier molecular flexibility index (Phi) is 4.68. The van der Waals surface area contributed by atoms with Crippen molar-refractivity contribution in [2.75, 3.05) is 26.2 Å². The summed E-state index contributed by atoms with van der Waals surface area (Å²) in [7, 11) is 0.